The summed E-state index contributed by atoms with van der Waals surface area (Å²) >= 11 is 0. The molecule has 0 radical (unpaired) electrons. The first-order chi connectivity index (χ1) is 13.8. The van der Waals surface area contributed by atoms with Gasteiger partial charge in [0.25, 0.3) is 5.91 Å². The summed E-state index contributed by atoms with van der Waals surface area (Å²) in [6.07, 6.45) is -4.19. The fourth-order valence-electron chi connectivity index (χ4n) is 3.07. The van der Waals surface area contributed by atoms with E-state index in [1.54, 1.807) is 9.80 Å². The van der Waals surface area contributed by atoms with Crippen molar-refractivity contribution in [3.05, 3.63) is 65.7 Å². The lowest BCUT2D eigenvalue weighted by Gasteiger charge is -2.35. The highest BCUT2D eigenvalue weighted by molar-refractivity contribution is 5.94. The third-order valence-corrected chi connectivity index (χ3v) is 4.71. The fourth-order valence-corrected chi connectivity index (χ4v) is 3.07. The number of ether oxygens (including phenoxy) is 1. The smallest absolute Gasteiger partial charge is 0.416 e. The Morgan fingerprint density at radius 2 is 1.45 bits per heavy atom. The fraction of sp³-hybridized carbons (Fsp3) is 0.333. The summed E-state index contributed by atoms with van der Waals surface area (Å²) in [5.74, 6) is 0.313. The maximum Gasteiger partial charge on any atom is 0.416 e. The first-order valence-corrected chi connectivity index (χ1v) is 9.27. The van der Waals surface area contributed by atoms with Crippen LogP contribution < -0.4 is 4.74 Å². The monoisotopic (exact) mass is 406 g/mol. The molecule has 0 saturated carbocycles. The molecule has 1 aliphatic rings. The van der Waals surface area contributed by atoms with Gasteiger partial charge in [-0.1, -0.05) is 18.2 Å². The van der Waals surface area contributed by atoms with Gasteiger partial charge in [-0.05, 0) is 36.4 Å². The first kappa shape index (κ1) is 20.7. The van der Waals surface area contributed by atoms with Gasteiger partial charge in [-0.25, -0.2) is 0 Å². The Balaban J connectivity index is 1.45. The average molecular weight is 406 g/mol. The molecule has 0 aliphatic carbocycles. The number of benzene rings is 2. The summed E-state index contributed by atoms with van der Waals surface area (Å²) < 4.78 is 43.4. The van der Waals surface area contributed by atoms with Crippen LogP contribution in [0.15, 0.2) is 54.6 Å². The number of carbonyl (C=O) groups excluding carboxylic acids is 2. The van der Waals surface area contributed by atoms with Crippen LogP contribution >= 0.6 is 0 Å². The van der Waals surface area contributed by atoms with E-state index in [-0.39, 0.29) is 30.4 Å². The van der Waals surface area contributed by atoms with Gasteiger partial charge in [0.05, 0.1) is 18.6 Å². The quantitative estimate of drug-likeness (QED) is 0.764. The summed E-state index contributed by atoms with van der Waals surface area (Å²) in [6, 6.07) is 13.4. The van der Waals surface area contributed by atoms with Crippen LogP contribution in [0, 0.1) is 0 Å². The van der Waals surface area contributed by atoms with E-state index < -0.39 is 11.7 Å². The second-order valence-corrected chi connectivity index (χ2v) is 6.66. The zero-order chi connectivity index (χ0) is 20.9. The Bertz CT molecular complexity index is 830. The van der Waals surface area contributed by atoms with Crippen molar-refractivity contribution in [2.75, 3.05) is 32.8 Å². The molecule has 2 aromatic rings. The molecular weight excluding hydrogens is 385 g/mol. The van der Waals surface area contributed by atoms with Crippen LogP contribution in [-0.2, 0) is 11.0 Å². The van der Waals surface area contributed by atoms with Gasteiger partial charge in [-0.2, -0.15) is 13.2 Å². The van der Waals surface area contributed by atoms with E-state index >= 15 is 0 Å². The highest BCUT2D eigenvalue weighted by Gasteiger charge is 2.31. The minimum absolute atomic E-state index is 0.0532. The Kier molecular flexibility index (Phi) is 6.41. The van der Waals surface area contributed by atoms with Crippen molar-refractivity contribution in [1.82, 2.24) is 9.80 Å². The summed E-state index contributed by atoms with van der Waals surface area (Å²) in [6.45, 7) is 1.72. The minimum Gasteiger partial charge on any atom is -0.493 e. The number of halogens is 3. The molecule has 0 N–H and O–H groups in total. The molecule has 1 heterocycles. The van der Waals surface area contributed by atoms with Crippen LogP contribution in [0.25, 0.3) is 0 Å². The van der Waals surface area contributed by atoms with E-state index in [0.717, 1.165) is 12.1 Å². The summed E-state index contributed by atoms with van der Waals surface area (Å²) in [5, 5.41) is 0. The predicted molar refractivity (Wildman–Crippen MR) is 100 cm³/mol. The Morgan fingerprint density at radius 1 is 0.862 bits per heavy atom. The van der Waals surface area contributed by atoms with E-state index in [9.17, 15) is 22.8 Å². The average Bonchev–Trinajstić information content (AvgIpc) is 2.73. The summed E-state index contributed by atoms with van der Waals surface area (Å²) in [5.41, 5.74) is -0.587. The molecule has 0 aromatic heterocycles. The zero-order valence-electron chi connectivity index (χ0n) is 15.7. The molecule has 154 valence electrons. The first-order valence-electron chi connectivity index (χ1n) is 9.27. The van der Waals surface area contributed by atoms with Crippen molar-refractivity contribution in [2.24, 2.45) is 0 Å². The standard InChI is InChI=1S/C21H21F3N2O3/c22-21(23,24)17-8-6-16(7-9-17)20(28)26-13-11-25(12-14-26)19(27)10-15-29-18-4-2-1-3-5-18/h1-9H,10-15H2. The van der Waals surface area contributed by atoms with Gasteiger partial charge in [-0.3, -0.25) is 9.59 Å². The molecule has 2 amide bonds. The van der Waals surface area contributed by atoms with Crippen LogP contribution in [0.4, 0.5) is 13.2 Å². The third kappa shape index (κ3) is 5.49. The highest BCUT2D eigenvalue weighted by Crippen LogP contribution is 2.29. The molecule has 0 spiro atoms. The molecule has 0 unspecified atom stereocenters. The van der Waals surface area contributed by atoms with Crippen molar-refractivity contribution in [1.29, 1.82) is 0 Å². The number of carbonyl (C=O) groups is 2. The van der Waals surface area contributed by atoms with Crippen LogP contribution in [0.3, 0.4) is 0 Å². The number of rotatable bonds is 5. The number of para-hydroxylation sites is 1. The SMILES string of the molecule is O=C(CCOc1ccccc1)N1CCN(C(=O)c2ccc(C(F)(F)F)cc2)CC1. The maximum atomic E-state index is 12.6. The number of amides is 2. The van der Waals surface area contributed by atoms with Gasteiger partial charge in [0.1, 0.15) is 5.75 Å². The predicted octanol–water partition coefficient (Wildman–Crippen LogP) is 3.46. The van der Waals surface area contributed by atoms with Gasteiger partial charge >= 0.3 is 6.18 Å². The summed E-state index contributed by atoms with van der Waals surface area (Å²) in [4.78, 5) is 28.0. The normalized spacial score (nSPS) is 14.6. The molecule has 1 saturated heterocycles. The van der Waals surface area contributed by atoms with Crippen molar-refractivity contribution in [3.8, 4) is 5.75 Å². The van der Waals surface area contributed by atoms with Crippen LogP contribution in [0.2, 0.25) is 0 Å². The topological polar surface area (TPSA) is 49.9 Å². The molecule has 8 heteroatoms. The summed E-state index contributed by atoms with van der Waals surface area (Å²) in [7, 11) is 0. The van der Waals surface area contributed by atoms with Crippen LogP contribution in [0.1, 0.15) is 22.3 Å². The van der Waals surface area contributed by atoms with E-state index in [0.29, 0.717) is 31.9 Å². The lowest BCUT2D eigenvalue weighted by molar-refractivity contribution is -0.137. The highest BCUT2D eigenvalue weighted by atomic mass is 19.4. The van der Waals surface area contributed by atoms with Gasteiger partial charge in [-0.15, -0.1) is 0 Å². The van der Waals surface area contributed by atoms with Gasteiger partial charge < -0.3 is 14.5 Å². The second-order valence-electron chi connectivity index (χ2n) is 6.66. The lowest BCUT2D eigenvalue weighted by atomic mass is 10.1. The number of alkyl halides is 3. The molecule has 29 heavy (non-hydrogen) atoms. The van der Waals surface area contributed by atoms with Gasteiger partial charge in [0.15, 0.2) is 0 Å². The molecule has 5 nitrogen and oxygen atoms in total. The Morgan fingerprint density at radius 3 is 2.03 bits per heavy atom. The second kappa shape index (κ2) is 8.98. The zero-order valence-corrected chi connectivity index (χ0v) is 15.7. The van der Waals surface area contributed by atoms with E-state index in [1.165, 1.54) is 12.1 Å². The molecule has 1 aliphatic heterocycles. The van der Waals surface area contributed by atoms with Crippen molar-refractivity contribution < 1.29 is 27.5 Å². The number of piperazine rings is 1. The number of hydrogen-bond donors (Lipinski definition) is 0. The molecule has 0 bridgehead atoms. The number of nitrogens with zero attached hydrogens (tertiary/aromatic N) is 2. The van der Waals surface area contributed by atoms with Crippen LogP contribution in [-0.4, -0.2) is 54.4 Å². The van der Waals surface area contributed by atoms with E-state index in [4.69, 9.17) is 4.74 Å². The maximum absolute atomic E-state index is 12.6. The molecular formula is C21H21F3N2O3. The Labute approximate surface area is 166 Å². The van der Waals surface area contributed by atoms with Crippen LogP contribution in [0.5, 0.6) is 5.75 Å². The van der Waals surface area contributed by atoms with Crippen molar-refractivity contribution in [3.63, 3.8) is 0 Å². The molecule has 1 fully saturated rings. The van der Waals surface area contributed by atoms with Crippen molar-refractivity contribution in [2.45, 2.75) is 12.6 Å². The number of hydrogen-bond acceptors (Lipinski definition) is 3. The van der Waals surface area contributed by atoms with Gasteiger partial charge in [0.2, 0.25) is 5.91 Å². The van der Waals surface area contributed by atoms with Gasteiger partial charge in [0, 0.05) is 31.7 Å². The molecule has 2 aromatic carbocycles. The molecule has 3 rings (SSSR count). The van der Waals surface area contributed by atoms with E-state index in [2.05, 4.69) is 0 Å². The molecule has 0 atom stereocenters. The minimum atomic E-state index is -4.43. The van der Waals surface area contributed by atoms with Crippen molar-refractivity contribution >= 4 is 11.8 Å². The largest absolute Gasteiger partial charge is 0.493 e. The van der Waals surface area contributed by atoms with E-state index in [1.807, 2.05) is 30.3 Å². The lowest BCUT2D eigenvalue weighted by Crippen LogP contribution is -2.50. The Hall–Kier alpha value is -3.03. The third-order valence-electron chi connectivity index (χ3n) is 4.71.